The minimum atomic E-state index is 1.04. The molecule has 0 radical (unpaired) electrons. The molecule has 0 saturated heterocycles. The summed E-state index contributed by atoms with van der Waals surface area (Å²) in [5.74, 6) is 1.07. The molecule has 0 bridgehead atoms. The van der Waals surface area contributed by atoms with Crippen molar-refractivity contribution >= 4 is 0 Å². The summed E-state index contributed by atoms with van der Waals surface area (Å²) in [6.07, 6.45) is 1.04. The van der Waals surface area contributed by atoms with Crippen LogP contribution in [0.1, 0.15) is 22.3 Å². The summed E-state index contributed by atoms with van der Waals surface area (Å²) in [6.45, 7) is 7.49. The van der Waals surface area contributed by atoms with E-state index in [1.807, 2.05) is 0 Å². The highest BCUT2D eigenvalue weighted by Gasteiger charge is 2.12. The Bertz CT molecular complexity index is 369. The first-order valence-corrected chi connectivity index (χ1v) is 5.75. The number of rotatable bonds is 4. The number of ether oxygens (including phenoxy) is 1. The minimum absolute atomic E-state index is 1.04. The van der Waals surface area contributed by atoms with Crippen LogP contribution in [0.15, 0.2) is 6.07 Å². The SMILES string of the molecule is COc1c(C)c(C)cc(C)c1CCN(C)C. The van der Waals surface area contributed by atoms with Crippen molar-refractivity contribution in [2.45, 2.75) is 27.2 Å². The van der Waals surface area contributed by atoms with Gasteiger partial charge >= 0.3 is 0 Å². The summed E-state index contributed by atoms with van der Waals surface area (Å²) in [6, 6.07) is 2.25. The third kappa shape index (κ3) is 2.76. The van der Waals surface area contributed by atoms with Gasteiger partial charge in [0.05, 0.1) is 7.11 Å². The fourth-order valence-electron chi connectivity index (χ4n) is 2.03. The third-order valence-electron chi connectivity index (χ3n) is 3.13. The molecule has 0 fully saturated rings. The molecular formula is C14H23NO. The number of methoxy groups -OCH3 is 1. The first-order chi connectivity index (χ1) is 7.47. The first kappa shape index (κ1) is 13.0. The Labute approximate surface area is 99.2 Å². The van der Waals surface area contributed by atoms with Gasteiger partial charge in [-0.15, -0.1) is 0 Å². The Morgan fingerprint density at radius 2 is 1.75 bits per heavy atom. The summed E-state index contributed by atoms with van der Waals surface area (Å²) in [7, 11) is 5.96. The molecule has 0 unspecified atom stereocenters. The van der Waals surface area contributed by atoms with Crippen LogP contribution in [0, 0.1) is 20.8 Å². The standard InChI is InChI=1S/C14H23NO/c1-10-9-11(2)13(7-8-15(4)5)14(16-6)12(10)3/h9H,7-8H2,1-6H3. The summed E-state index contributed by atoms with van der Waals surface area (Å²) >= 11 is 0. The molecule has 1 aromatic rings. The molecule has 90 valence electrons. The molecule has 0 amide bonds. The maximum Gasteiger partial charge on any atom is 0.125 e. The fraction of sp³-hybridized carbons (Fsp3) is 0.571. The smallest absolute Gasteiger partial charge is 0.125 e. The van der Waals surface area contributed by atoms with Gasteiger partial charge in [-0.2, -0.15) is 0 Å². The Balaban J connectivity index is 3.10. The monoisotopic (exact) mass is 221 g/mol. The largest absolute Gasteiger partial charge is 0.496 e. The number of benzene rings is 1. The molecular weight excluding hydrogens is 198 g/mol. The quantitative estimate of drug-likeness (QED) is 0.775. The highest BCUT2D eigenvalue weighted by atomic mass is 16.5. The molecule has 0 spiro atoms. The molecule has 1 aromatic carbocycles. The Morgan fingerprint density at radius 1 is 1.12 bits per heavy atom. The average Bonchev–Trinajstić information content (AvgIpc) is 2.21. The van der Waals surface area contributed by atoms with E-state index in [4.69, 9.17) is 4.74 Å². The van der Waals surface area contributed by atoms with E-state index in [9.17, 15) is 0 Å². The van der Waals surface area contributed by atoms with Crippen molar-refractivity contribution < 1.29 is 4.74 Å². The number of hydrogen-bond acceptors (Lipinski definition) is 2. The predicted molar refractivity (Wildman–Crippen MR) is 69.5 cm³/mol. The normalized spacial score (nSPS) is 10.9. The van der Waals surface area contributed by atoms with Crippen LogP contribution in [0.4, 0.5) is 0 Å². The van der Waals surface area contributed by atoms with Crippen molar-refractivity contribution in [1.29, 1.82) is 0 Å². The lowest BCUT2D eigenvalue weighted by Gasteiger charge is -2.18. The predicted octanol–water partition coefficient (Wildman–Crippen LogP) is 2.72. The second-order valence-electron chi connectivity index (χ2n) is 4.70. The summed E-state index contributed by atoms with van der Waals surface area (Å²) in [5.41, 5.74) is 5.26. The molecule has 2 nitrogen and oxygen atoms in total. The van der Waals surface area contributed by atoms with Crippen LogP contribution in [-0.4, -0.2) is 32.6 Å². The van der Waals surface area contributed by atoms with Crippen molar-refractivity contribution in [1.82, 2.24) is 4.90 Å². The zero-order chi connectivity index (χ0) is 12.3. The zero-order valence-corrected chi connectivity index (χ0v) is 11.3. The maximum absolute atomic E-state index is 5.55. The molecule has 0 aromatic heterocycles. The van der Waals surface area contributed by atoms with E-state index in [1.54, 1.807) is 7.11 Å². The van der Waals surface area contributed by atoms with E-state index in [1.165, 1.54) is 22.3 Å². The summed E-state index contributed by atoms with van der Waals surface area (Å²) in [4.78, 5) is 2.20. The van der Waals surface area contributed by atoms with Crippen LogP contribution in [0.2, 0.25) is 0 Å². The number of likely N-dealkylation sites (N-methyl/N-ethyl adjacent to an activating group) is 1. The first-order valence-electron chi connectivity index (χ1n) is 5.75. The average molecular weight is 221 g/mol. The van der Waals surface area contributed by atoms with Crippen molar-refractivity contribution in [3.05, 3.63) is 28.3 Å². The Kier molecular flexibility index (Phi) is 4.36. The van der Waals surface area contributed by atoms with Crippen LogP contribution in [0.3, 0.4) is 0 Å². The second-order valence-corrected chi connectivity index (χ2v) is 4.70. The van der Waals surface area contributed by atoms with E-state index in [2.05, 4.69) is 45.8 Å². The summed E-state index contributed by atoms with van der Waals surface area (Å²) < 4.78 is 5.55. The van der Waals surface area contributed by atoms with Crippen LogP contribution in [-0.2, 0) is 6.42 Å². The highest BCUT2D eigenvalue weighted by molar-refractivity contribution is 5.49. The van der Waals surface area contributed by atoms with Crippen molar-refractivity contribution in [2.75, 3.05) is 27.7 Å². The van der Waals surface area contributed by atoms with Gasteiger partial charge in [0.15, 0.2) is 0 Å². The lowest BCUT2D eigenvalue weighted by atomic mass is 9.97. The lowest BCUT2D eigenvalue weighted by Crippen LogP contribution is -2.16. The van der Waals surface area contributed by atoms with Crippen LogP contribution in [0.25, 0.3) is 0 Å². The minimum Gasteiger partial charge on any atom is -0.496 e. The van der Waals surface area contributed by atoms with Gasteiger partial charge in [0.2, 0.25) is 0 Å². The topological polar surface area (TPSA) is 12.5 Å². The molecule has 0 atom stereocenters. The molecule has 0 aliphatic carbocycles. The second kappa shape index (κ2) is 5.35. The van der Waals surface area contributed by atoms with Gasteiger partial charge in [0.25, 0.3) is 0 Å². The number of nitrogens with zero attached hydrogens (tertiary/aromatic N) is 1. The zero-order valence-electron chi connectivity index (χ0n) is 11.3. The van der Waals surface area contributed by atoms with Gasteiger partial charge < -0.3 is 9.64 Å². The molecule has 0 saturated carbocycles. The van der Waals surface area contributed by atoms with Gasteiger partial charge in [0.1, 0.15) is 5.75 Å². The molecule has 16 heavy (non-hydrogen) atoms. The lowest BCUT2D eigenvalue weighted by molar-refractivity contribution is 0.389. The van der Waals surface area contributed by atoms with Crippen molar-refractivity contribution in [2.24, 2.45) is 0 Å². The van der Waals surface area contributed by atoms with Gasteiger partial charge in [0, 0.05) is 6.54 Å². The van der Waals surface area contributed by atoms with E-state index >= 15 is 0 Å². The molecule has 0 aliphatic rings. The van der Waals surface area contributed by atoms with Crippen LogP contribution >= 0.6 is 0 Å². The van der Waals surface area contributed by atoms with Crippen molar-refractivity contribution in [3.63, 3.8) is 0 Å². The molecule has 0 aliphatic heterocycles. The van der Waals surface area contributed by atoms with Crippen LogP contribution in [0.5, 0.6) is 5.75 Å². The number of hydrogen-bond donors (Lipinski definition) is 0. The van der Waals surface area contributed by atoms with E-state index in [0.29, 0.717) is 0 Å². The molecule has 1 rings (SSSR count). The Morgan fingerprint density at radius 3 is 2.25 bits per heavy atom. The van der Waals surface area contributed by atoms with Gasteiger partial charge in [-0.1, -0.05) is 6.07 Å². The van der Waals surface area contributed by atoms with Gasteiger partial charge in [-0.25, -0.2) is 0 Å². The maximum atomic E-state index is 5.55. The third-order valence-corrected chi connectivity index (χ3v) is 3.13. The van der Waals surface area contributed by atoms with Gasteiger partial charge in [-0.05, 0) is 63.5 Å². The highest BCUT2D eigenvalue weighted by Crippen LogP contribution is 2.29. The van der Waals surface area contributed by atoms with Crippen molar-refractivity contribution in [3.8, 4) is 5.75 Å². The summed E-state index contributed by atoms with van der Waals surface area (Å²) in [5, 5.41) is 0. The Hall–Kier alpha value is -1.02. The fourth-order valence-corrected chi connectivity index (χ4v) is 2.03. The number of aryl methyl sites for hydroxylation is 2. The molecule has 2 heteroatoms. The molecule has 0 N–H and O–H groups in total. The van der Waals surface area contributed by atoms with E-state index < -0.39 is 0 Å². The van der Waals surface area contributed by atoms with E-state index in [-0.39, 0.29) is 0 Å². The van der Waals surface area contributed by atoms with Crippen LogP contribution < -0.4 is 4.74 Å². The molecule has 0 heterocycles. The van der Waals surface area contributed by atoms with E-state index in [0.717, 1.165) is 18.7 Å². The van der Waals surface area contributed by atoms with Gasteiger partial charge in [-0.3, -0.25) is 0 Å².